The smallest absolute Gasteiger partial charge is 0.225 e. The van der Waals surface area contributed by atoms with E-state index in [-0.39, 0.29) is 0 Å². The summed E-state index contributed by atoms with van der Waals surface area (Å²) < 4.78 is 127. The zero-order chi connectivity index (χ0) is 13.6. The number of hydrogen-bond acceptors (Lipinski definition) is 0. The van der Waals surface area contributed by atoms with Gasteiger partial charge in [-0.15, -0.1) is 0 Å². The zero-order valence-corrected chi connectivity index (χ0v) is 6.66. The van der Waals surface area contributed by atoms with Crippen LogP contribution in [-0.2, 0) is 0 Å². The summed E-state index contributed by atoms with van der Waals surface area (Å²) in [5, 5.41) is 0. The van der Waals surface area contributed by atoms with E-state index in [0.717, 1.165) is 0 Å². The van der Waals surface area contributed by atoms with Crippen molar-refractivity contribution in [2.45, 2.75) is 24.2 Å². The van der Waals surface area contributed by atoms with Gasteiger partial charge in [-0.3, -0.25) is 0 Å². The molecule has 0 bridgehead atoms. The van der Waals surface area contributed by atoms with E-state index in [4.69, 9.17) is 0 Å². The quantitative estimate of drug-likeness (QED) is 0.667. The maximum atomic E-state index is 11.9. The van der Waals surface area contributed by atoms with Crippen LogP contribution in [0.4, 0.5) is 48.3 Å². The summed E-state index contributed by atoms with van der Waals surface area (Å²) in [5.74, 6) is -13.8. The molecule has 0 N–H and O–H groups in total. The van der Waals surface area contributed by atoms with Crippen LogP contribution in [0, 0.1) is 6.17 Å². The van der Waals surface area contributed by atoms with Crippen LogP contribution < -0.4 is 0 Å². The molecule has 0 aliphatic heterocycles. The standard InChI is InChI=1S/C5F11/c6-1(2(7,8)4(11,12)13)3(9,10)5(14,15)16. The Hall–Kier alpha value is -0.770. The van der Waals surface area contributed by atoms with Crippen LogP contribution in [0.5, 0.6) is 0 Å². The molecular formula is C5F11. The lowest BCUT2D eigenvalue weighted by Crippen LogP contribution is -2.53. The van der Waals surface area contributed by atoms with Crippen LogP contribution in [0.1, 0.15) is 0 Å². The van der Waals surface area contributed by atoms with Crippen LogP contribution >= 0.6 is 0 Å². The first-order valence-electron chi connectivity index (χ1n) is 3.08. The Bertz CT molecular complexity index is 218. The average molecular weight is 269 g/mol. The summed E-state index contributed by atoms with van der Waals surface area (Å²) in [7, 11) is 0. The van der Waals surface area contributed by atoms with E-state index in [2.05, 4.69) is 0 Å². The van der Waals surface area contributed by atoms with Gasteiger partial charge in [0.1, 0.15) is 0 Å². The molecular weight excluding hydrogens is 269 g/mol. The third-order valence-electron chi connectivity index (χ3n) is 1.26. The first-order chi connectivity index (χ1) is 6.65. The van der Waals surface area contributed by atoms with Crippen molar-refractivity contribution in [3.8, 4) is 0 Å². The van der Waals surface area contributed by atoms with E-state index >= 15 is 0 Å². The van der Waals surface area contributed by atoms with Crippen LogP contribution in [0.25, 0.3) is 0 Å². The van der Waals surface area contributed by atoms with Crippen LogP contribution in [0.3, 0.4) is 0 Å². The maximum Gasteiger partial charge on any atom is 0.457 e. The molecule has 0 atom stereocenters. The molecule has 1 radical (unpaired) electrons. The normalized spacial score (nSPS) is 15.8. The summed E-state index contributed by atoms with van der Waals surface area (Å²) in [6.45, 7) is 0. The molecule has 0 spiro atoms. The third kappa shape index (κ3) is 2.32. The van der Waals surface area contributed by atoms with Crippen LogP contribution in [-0.4, -0.2) is 24.2 Å². The highest BCUT2D eigenvalue weighted by molar-refractivity contribution is 5.10. The summed E-state index contributed by atoms with van der Waals surface area (Å²) in [6.07, 6.45) is -18.6. The summed E-state index contributed by atoms with van der Waals surface area (Å²) in [6, 6.07) is 0. The van der Waals surface area contributed by atoms with Crippen molar-refractivity contribution in [2.24, 2.45) is 0 Å². The molecule has 0 heterocycles. The van der Waals surface area contributed by atoms with E-state index in [0.29, 0.717) is 0 Å². The molecule has 0 fully saturated rings. The van der Waals surface area contributed by atoms with Gasteiger partial charge in [0.05, 0.1) is 0 Å². The second kappa shape index (κ2) is 3.62. The van der Waals surface area contributed by atoms with Crippen molar-refractivity contribution in [3.05, 3.63) is 6.17 Å². The highest BCUT2D eigenvalue weighted by Gasteiger charge is 2.78. The lowest BCUT2D eigenvalue weighted by molar-refractivity contribution is -0.339. The number of halogens is 11. The van der Waals surface area contributed by atoms with E-state index in [1.54, 1.807) is 0 Å². The van der Waals surface area contributed by atoms with Gasteiger partial charge in [-0.25, -0.2) is 4.39 Å². The molecule has 0 saturated carbocycles. The van der Waals surface area contributed by atoms with E-state index in [9.17, 15) is 48.3 Å². The second-order valence-corrected chi connectivity index (χ2v) is 2.46. The highest BCUT2D eigenvalue weighted by atomic mass is 19.4. The zero-order valence-electron chi connectivity index (χ0n) is 6.66. The fourth-order valence-electron chi connectivity index (χ4n) is 0.446. The Morgan fingerprint density at radius 3 is 0.812 bits per heavy atom. The Morgan fingerprint density at radius 1 is 0.500 bits per heavy atom. The lowest BCUT2D eigenvalue weighted by Gasteiger charge is -2.28. The fraction of sp³-hybridized carbons (Fsp3) is 0.800. The van der Waals surface area contributed by atoms with E-state index < -0.39 is 30.4 Å². The molecule has 0 aromatic carbocycles. The second-order valence-electron chi connectivity index (χ2n) is 2.46. The van der Waals surface area contributed by atoms with E-state index in [1.807, 2.05) is 0 Å². The van der Waals surface area contributed by atoms with Crippen molar-refractivity contribution in [1.82, 2.24) is 0 Å². The largest absolute Gasteiger partial charge is 0.457 e. The summed E-state index contributed by atoms with van der Waals surface area (Å²) in [4.78, 5) is 0. The number of alkyl halides is 10. The van der Waals surface area contributed by atoms with Crippen molar-refractivity contribution >= 4 is 0 Å². The van der Waals surface area contributed by atoms with Gasteiger partial charge >= 0.3 is 30.4 Å². The first kappa shape index (κ1) is 15.2. The summed E-state index contributed by atoms with van der Waals surface area (Å²) in [5.41, 5.74) is 0. The Balaban J connectivity index is 5.30. The first-order valence-corrected chi connectivity index (χ1v) is 3.08. The van der Waals surface area contributed by atoms with Gasteiger partial charge in [-0.2, -0.15) is 43.9 Å². The highest BCUT2D eigenvalue weighted by Crippen LogP contribution is 2.54. The molecule has 16 heavy (non-hydrogen) atoms. The third-order valence-corrected chi connectivity index (χ3v) is 1.26. The molecule has 0 aliphatic carbocycles. The van der Waals surface area contributed by atoms with Crippen molar-refractivity contribution in [2.75, 3.05) is 0 Å². The van der Waals surface area contributed by atoms with Gasteiger partial charge < -0.3 is 0 Å². The van der Waals surface area contributed by atoms with Gasteiger partial charge in [0.2, 0.25) is 0 Å². The Labute approximate surface area is 80.0 Å². The fourth-order valence-corrected chi connectivity index (χ4v) is 0.446. The molecule has 0 aliphatic rings. The van der Waals surface area contributed by atoms with Crippen LogP contribution in [0.15, 0.2) is 0 Å². The van der Waals surface area contributed by atoms with Gasteiger partial charge in [0, 0.05) is 0 Å². The van der Waals surface area contributed by atoms with Gasteiger partial charge in [0.25, 0.3) is 0 Å². The molecule has 97 valence electrons. The predicted molar refractivity (Wildman–Crippen MR) is 26.4 cm³/mol. The topological polar surface area (TPSA) is 0 Å². The van der Waals surface area contributed by atoms with Gasteiger partial charge in [-0.05, 0) is 0 Å². The molecule has 0 nitrogen and oxygen atoms in total. The molecule has 0 aromatic heterocycles. The molecule has 0 rings (SSSR count). The predicted octanol–water partition coefficient (Wildman–Crippen LogP) is 3.88. The Kier molecular flexibility index (Phi) is 3.45. The van der Waals surface area contributed by atoms with Gasteiger partial charge in [-0.1, -0.05) is 0 Å². The molecule has 0 saturated heterocycles. The minimum absolute atomic E-state index is 4.81. The van der Waals surface area contributed by atoms with Crippen molar-refractivity contribution in [1.29, 1.82) is 0 Å². The minimum atomic E-state index is -6.88. The number of rotatable bonds is 2. The lowest BCUT2D eigenvalue weighted by atomic mass is 10.1. The molecule has 0 amide bonds. The molecule has 0 aromatic rings. The van der Waals surface area contributed by atoms with Crippen molar-refractivity contribution < 1.29 is 48.3 Å². The monoisotopic (exact) mass is 269 g/mol. The molecule has 0 unspecified atom stereocenters. The van der Waals surface area contributed by atoms with Gasteiger partial charge in [0.15, 0.2) is 0 Å². The minimum Gasteiger partial charge on any atom is -0.225 e. The average Bonchev–Trinajstić information content (AvgIpc) is 1.98. The number of hydrogen-bond donors (Lipinski definition) is 0. The van der Waals surface area contributed by atoms with Crippen LogP contribution in [0.2, 0.25) is 0 Å². The van der Waals surface area contributed by atoms with E-state index in [1.165, 1.54) is 0 Å². The molecule has 11 heteroatoms. The maximum absolute atomic E-state index is 11.9. The van der Waals surface area contributed by atoms with Crippen molar-refractivity contribution in [3.63, 3.8) is 0 Å². The SMILES string of the molecule is F[C](C(F)(F)C(F)(F)F)C(F)(F)C(F)(F)F. The summed E-state index contributed by atoms with van der Waals surface area (Å²) >= 11 is 0. The Morgan fingerprint density at radius 2 is 0.688 bits per heavy atom.